The predicted octanol–water partition coefficient (Wildman–Crippen LogP) is 2.20. The molecule has 1 fully saturated rings. The normalized spacial score (nSPS) is 23.4. The van der Waals surface area contributed by atoms with Crippen molar-refractivity contribution in [1.29, 1.82) is 0 Å². The van der Waals surface area contributed by atoms with Crippen molar-refractivity contribution < 1.29 is 8.39 Å². The molecule has 0 aromatic rings. The van der Waals surface area contributed by atoms with Gasteiger partial charge in [-0.25, -0.2) is 4.21 Å². The summed E-state index contributed by atoms with van der Waals surface area (Å²) in [5.41, 5.74) is 0. The summed E-state index contributed by atoms with van der Waals surface area (Å²) in [6.07, 6.45) is 5.97. The zero-order valence-electron chi connectivity index (χ0n) is 6.42. The molecule has 1 aliphatic carbocycles. The number of rotatable bonds is 3. The lowest BCUT2D eigenvalue weighted by atomic mass is 9.98. The van der Waals surface area contributed by atoms with Crippen LogP contribution < -0.4 is 0 Å². The molecule has 0 N–H and O–H groups in total. The molecular formula is C7H13ClO2S. The maximum Gasteiger partial charge on any atom is 0.171 e. The highest BCUT2D eigenvalue weighted by atomic mass is 35.5. The summed E-state index contributed by atoms with van der Waals surface area (Å²) in [6.45, 7) is 0. The van der Waals surface area contributed by atoms with Crippen LogP contribution in [-0.2, 0) is 15.3 Å². The lowest BCUT2D eigenvalue weighted by Gasteiger charge is -2.20. The maximum atomic E-state index is 10.8. The van der Waals surface area contributed by atoms with Crippen LogP contribution in [0.4, 0.5) is 0 Å². The average molecular weight is 197 g/mol. The third kappa shape index (κ3) is 3.54. The molecule has 0 radical (unpaired) electrons. The van der Waals surface area contributed by atoms with Crippen LogP contribution in [-0.4, -0.2) is 15.5 Å². The van der Waals surface area contributed by atoms with Crippen LogP contribution in [0.1, 0.15) is 32.1 Å². The first-order chi connectivity index (χ1) is 5.33. The Hall–Kier alpha value is 0.400. The fourth-order valence-electron chi connectivity index (χ4n) is 1.34. The molecule has 1 rings (SSSR count). The van der Waals surface area contributed by atoms with E-state index in [2.05, 4.69) is 0 Å². The minimum Gasteiger partial charge on any atom is -0.286 e. The average Bonchev–Trinajstić information content (AvgIpc) is 2.06. The second-order valence-electron chi connectivity index (χ2n) is 2.77. The van der Waals surface area contributed by atoms with Gasteiger partial charge in [0, 0.05) is 0 Å². The molecule has 0 aliphatic heterocycles. The third-order valence-corrected chi connectivity index (χ3v) is 3.08. The highest BCUT2D eigenvalue weighted by Gasteiger charge is 2.15. The van der Waals surface area contributed by atoms with Crippen molar-refractivity contribution in [2.45, 2.75) is 38.2 Å². The quantitative estimate of drug-likeness (QED) is 0.647. The molecule has 0 spiro atoms. The van der Waals surface area contributed by atoms with E-state index in [1.165, 1.54) is 19.3 Å². The van der Waals surface area contributed by atoms with E-state index >= 15 is 0 Å². The molecule has 1 atom stereocenters. The standard InChI is InChI=1S/C7H13ClO2S/c8-6-11(9)10-7-4-2-1-3-5-7/h7H,1-6H2. The number of hydrogen-bond donors (Lipinski definition) is 0. The summed E-state index contributed by atoms with van der Waals surface area (Å²) in [6, 6.07) is 0. The van der Waals surface area contributed by atoms with Gasteiger partial charge in [-0.2, -0.15) is 0 Å². The van der Waals surface area contributed by atoms with E-state index in [1.807, 2.05) is 0 Å². The van der Waals surface area contributed by atoms with Gasteiger partial charge in [-0.3, -0.25) is 4.18 Å². The fourth-order valence-corrected chi connectivity index (χ4v) is 2.04. The van der Waals surface area contributed by atoms with Crippen LogP contribution in [0, 0.1) is 0 Å². The molecule has 0 aromatic carbocycles. The van der Waals surface area contributed by atoms with Gasteiger partial charge in [-0.05, 0) is 12.8 Å². The second kappa shape index (κ2) is 5.12. The maximum absolute atomic E-state index is 10.8. The third-order valence-electron chi connectivity index (χ3n) is 1.88. The Morgan fingerprint density at radius 1 is 1.36 bits per heavy atom. The van der Waals surface area contributed by atoms with E-state index in [1.54, 1.807) is 0 Å². The zero-order valence-corrected chi connectivity index (χ0v) is 8.00. The van der Waals surface area contributed by atoms with Crippen molar-refractivity contribution in [3.63, 3.8) is 0 Å². The predicted molar refractivity (Wildman–Crippen MR) is 46.8 cm³/mol. The first kappa shape index (κ1) is 9.49. The van der Waals surface area contributed by atoms with E-state index in [-0.39, 0.29) is 11.3 Å². The monoisotopic (exact) mass is 196 g/mol. The summed E-state index contributed by atoms with van der Waals surface area (Å²) in [4.78, 5) is 0. The molecule has 0 saturated heterocycles. The second-order valence-corrected chi connectivity index (χ2v) is 4.44. The SMILES string of the molecule is O=S(CCl)OC1CCCCC1. The molecule has 0 amide bonds. The summed E-state index contributed by atoms with van der Waals surface area (Å²) in [5.74, 6) is 0. The highest BCUT2D eigenvalue weighted by Crippen LogP contribution is 2.21. The van der Waals surface area contributed by atoms with Gasteiger partial charge in [0.15, 0.2) is 11.1 Å². The van der Waals surface area contributed by atoms with E-state index in [0.717, 1.165) is 12.8 Å². The van der Waals surface area contributed by atoms with E-state index in [0.29, 0.717) is 0 Å². The molecule has 1 aliphatic rings. The van der Waals surface area contributed by atoms with Gasteiger partial charge in [-0.1, -0.05) is 19.3 Å². The van der Waals surface area contributed by atoms with Gasteiger partial charge in [0.05, 0.1) is 6.10 Å². The Bertz CT molecular complexity index is 134. The molecule has 11 heavy (non-hydrogen) atoms. The van der Waals surface area contributed by atoms with Gasteiger partial charge in [0.25, 0.3) is 0 Å². The van der Waals surface area contributed by atoms with Crippen molar-refractivity contribution in [3.05, 3.63) is 0 Å². The van der Waals surface area contributed by atoms with Gasteiger partial charge in [0.2, 0.25) is 0 Å². The molecule has 2 nitrogen and oxygen atoms in total. The summed E-state index contributed by atoms with van der Waals surface area (Å²) in [5, 5.41) is 0.0938. The topological polar surface area (TPSA) is 26.3 Å². The number of halogens is 1. The zero-order chi connectivity index (χ0) is 8.10. The minimum absolute atomic E-state index is 0.0938. The van der Waals surface area contributed by atoms with E-state index in [4.69, 9.17) is 15.8 Å². The van der Waals surface area contributed by atoms with Crippen molar-refractivity contribution in [3.8, 4) is 0 Å². The lowest BCUT2D eigenvalue weighted by molar-refractivity contribution is 0.175. The Balaban J connectivity index is 2.19. The first-order valence-corrected chi connectivity index (χ1v) is 5.72. The lowest BCUT2D eigenvalue weighted by Crippen LogP contribution is -2.18. The molecule has 0 bridgehead atoms. The Morgan fingerprint density at radius 2 is 2.00 bits per heavy atom. The molecule has 4 heteroatoms. The smallest absolute Gasteiger partial charge is 0.171 e. The van der Waals surface area contributed by atoms with Gasteiger partial charge in [0.1, 0.15) is 5.21 Å². The fraction of sp³-hybridized carbons (Fsp3) is 1.00. The summed E-state index contributed by atoms with van der Waals surface area (Å²) < 4.78 is 16.0. The Kier molecular flexibility index (Phi) is 4.41. The van der Waals surface area contributed by atoms with Gasteiger partial charge in [-0.15, -0.1) is 11.6 Å². The van der Waals surface area contributed by atoms with Crippen molar-refractivity contribution >= 4 is 22.7 Å². The van der Waals surface area contributed by atoms with Crippen LogP contribution in [0.5, 0.6) is 0 Å². The van der Waals surface area contributed by atoms with Gasteiger partial charge < -0.3 is 0 Å². The first-order valence-electron chi connectivity index (χ1n) is 3.94. The van der Waals surface area contributed by atoms with Crippen LogP contribution in [0.25, 0.3) is 0 Å². The van der Waals surface area contributed by atoms with Crippen molar-refractivity contribution in [1.82, 2.24) is 0 Å². The molecule has 1 unspecified atom stereocenters. The Labute approximate surface area is 74.9 Å². The van der Waals surface area contributed by atoms with Crippen LogP contribution in [0.2, 0.25) is 0 Å². The number of hydrogen-bond acceptors (Lipinski definition) is 2. The Morgan fingerprint density at radius 3 is 2.55 bits per heavy atom. The van der Waals surface area contributed by atoms with Crippen LogP contribution >= 0.6 is 11.6 Å². The van der Waals surface area contributed by atoms with E-state index in [9.17, 15) is 4.21 Å². The largest absolute Gasteiger partial charge is 0.286 e. The molecule has 0 aromatic heterocycles. The number of alkyl halides is 1. The molecule has 0 heterocycles. The summed E-state index contributed by atoms with van der Waals surface area (Å²) >= 11 is 4.09. The van der Waals surface area contributed by atoms with E-state index < -0.39 is 11.1 Å². The van der Waals surface area contributed by atoms with Crippen molar-refractivity contribution in [2.24, 2.45) is 0 Å². The van der Waals surface area contributed by atoms with Crippen molar-refractivity contribution in [2.75, 3.05) is 5.21 Å². The molecule has 1 saturated carbocycles. The van der Waals surface area contributed by atoms with Crippen LogP contribution in [0.3, 0.4) is 0 Å². The summed E-state index contributed by atoms with van der Waals surface area (Å²) in [7, 11) is 0. The molecule has 66 valence electrons. The van der Waals surface area contributed by atoms with Crippen LogP contribution in [0.15, 0.2) is 0 Å². The molecular weight excluding hydrogens is 184 g/mol. The highest BCUT2D eigenvalue weighted by molar-refractivity contribution is 7.81. The van der Waals surface area contributed by atoms with Gasteiger partial charge >= 0.3 is 0 Å². The minimum atomic E-state index is -1.26.